The number of hydrogen-bond donors (Lipinski definition) is 0. The molecule has 30 heavy (non-hydrogen) atoms. The third-order valence-corrected chi connectivity index (χ3v) is 0. The maximum absolute atomic E-state index is 8.25. The summed E-state index contributed by atoms with van der Waals surface area (Å²) in [5, 5.41) is 103. The Hall–Kier alpha value is -3.93. The molecule has 0 bridgehead atoms. The summed E-state index contributed by atoms with van der Waals surface area (Å²) in [6.07, 6.45) is 0. The van der Waals surface area contributed by atoms with Gasteiger partial charge in [0.15, 0.2) is 0 Å². The van der Waals surface area contributed by atoms with E-state index in [1.54, 1.807) is 0 Å². The van der Waals surface area contributed by atoms with Gasteiger partial charge in [0, 0.05) is 0 Å². The van der Waals surface area contributed by atoms with Crippen molar-refractivity contribution in [3.63, 3.8) is 0 Å². The summed E-state index contributed by atoms with van der Waals surface area (Å²) in [5.41, 5.74) is 0. The van der Waals surface area contributed by atoms with Gasteiger partial charge in [-0.05, 0) is 0 Å². The molecule has 0 fully saturated rings. The zero-order valence-corrected chi connectivity index (χ0v) is 18.9. The zero-order valence-electron chi connectivity index (χ0n) is 12.8. The van der Waals surface area contributed by atoms with Crippen molar-refractivity contribution in [1.82, 2.24) is 0 Å². The third-order valence-electron chi connectivity index (χ3n) is 0. The van der Waals surface area contributed by atoms with Gasteiger partial charge in [0.05, 0.1) is 35.6 Å². The van der Waals surface area contributed by atoms with Crippen LogP contribution in [0.4, 0.5) is 0 Å². The van der Waals surface area contributed by atoms with Crippen LogP contribution in [0.25, 0.3) is 0 Å². The summed E-state index contributed by atoms with van der Waals surface area (Å²) >= 11 is 0. The summed E-state index contributed by atoms with van der Waals surface area (Å²) in [6.45, 7) is 0. The molecule has 168 valence electrons. The fraction of sp³-hybridized carbons (Fsp3) is 0. The first-order valence-corrected chi connectivity index (χ1v) is 3.83. The second-order valence-corrected chi connectivity index (χ2v) is 1.57. The molecule has 0 aliphatic carbocycles. The van der Waals surface area contributed by atoms with E-state index in [2.05, 4.69) is 0 Å². The van der Waals surface area contributed by atoms with Crippen LogP contribution in [0.3, 0.4) is 0 Å². The molecule has 0 aliphatic heterocycles. The summed E-state index contributed by atoms with van der Waals surface area (Å²) in [7, 11) is 0. The Morgan fingerprint density at radius 3 is 0.267 bits per heavy atom. The van der Waals surface area contributed by atoms with Gasteiger partial charge in [-0.3, -0.25) is 0 Å². The van der Waals surface area contributed by atoms with E-state index in [9.17, 15) is 0 Å². The van der Waals surface area contributed by atoms with Gasteiger partial charge in [0.1, 0.15) is 0 Å². The Kier molecular flexibility index (Phi) is 93.4. The van der Waals surface area contributed by atoms with Crippen molar-refractivity contribution in [1.29, 1.82) is 0 Å². The first-order valence-electron chi connectivity index (χ1n) is 3.83. The Morgan fingerprint density at radius 2 is 0.267 bits per heavy atom. The van der Waals surface area contributed by atoms with Gasteiger partial charge in [-0.25, -0.2) is 0 Å². The number of hydrogen-bond acceptors (Lipinski definition) is 21. The fourth-order valence-corrected chi connectivity index (χ4v) is 0. The Morgan fingerprint density at radius 1 is 0.267 bits per heavy atom. The van der Waals surface area contributed by atoms with Gasteiger partial charge in [-0.2, -0.15) is 0 Å². The van der Waals surface area contributed by atoms with E-state index in [0.717, 1.165) is 0 Å². The molecule has 0 aromatic heterocycles. The Balaban J connectivity index is -0.0000000242. The van der Waals surface area contributed by atoms with E-state index in [4.69, 9.17) is 107 Å². The predicted molar refractivity (Wildman–Crippen MR) is 84.0 cm³/mol. The van der Waals surface area contributed by atoms with Crippen LogP contribution in [0.1, 0.15) is 0 Å². The fourth-order valence-electron chi connectivity index (χ4n) is 0. The monoisotopic (exact) mass is 669 g/mol. The average Bonchev–Trinajstić information content (AvgIpc) is 2.20. The summed E-state index contributed by atoms with van der Waals surface area (Å²) in [4.78, 5) is 57.8. The summed E-state index contributed by atoms with van der Waals surface area (Å²) < 4.78 is 0. The van der Waals surface area contributed by atoms with Gasteiger partial charge in [0.25, 0.3) is 0 Å². The molecule has 0 rings (SSSR count). The molecule has 0 spiro atoms. The van der Waals surface area contributed by atoms with Crippen LogP contribution in [0.2, 0.25) is 0 Å². The maximum Gasteiger partial charge on any atom is 4.00 e. The molecule has 0 aliphatic rings. The van der Waals surface area contributed by atoms with Crippen molar-refractivity contribution in [3.8, 4) is 0 Å². The molecule has 0 saturated heterocycles. The SMILES string of the molecule is O=[N+]([O-])[O-].O=[N+]([O-])[O-].O=[N+]([O-])[O-].O=[N+]([O-])[O-].O=[N+]([O-])[O-].O=[N+]([O-])[O-].O=[N+]([O-])[O-].[In+3].[Sn+4]. The number of rotatable bonds is 0. The van der Waals surface area contributed by atoms with E-state index in [1.165, 1.54) is 0 Å². The van der Waals surface area contributed by atoms with E-state index in [1.807, 2.05) is 0 Å². The van der Waals surface area contributed by atoms with Crippen LogP contribution < -0.4 is 0 Å². The van der Waals surface area contributed by atoms with E-state index in [-0.39, 0.29) is 49.8 Å². The van der Waals surface area contributed by atoms with Crippen molar-refractivity contribution >= 4 is 49.8 Å². The Labute approximate surface area is 192 Å². The second kappa shape index (κ2) is 49.8. The molecule has 0 N–H and O–H groups in total. The van der Waals surface area contributed by atoms with Crippen molar-refractivity contribution in [3.05, 3.63) is 107 Å². The van der Waals surface area contributed by atoms with Gasteiger partial charge in [-0.15, -0.1) is 0 Å². The first kappa shape index (κ1) is 56.2. The molecule has 0 amide bonds. The van der Waals surface area contributed by atoms with Crippen LogP contribution in [0.5, 0.6) is 0 Å². The van der Waals surface area contributed by atoms with E-state index < -0.39 is 35.6 Å². The van der Waals surface area contributed by atoms with Crippen molar-refractivity contribution in [2.24, 2.45) is 0 Å². The van der Waals surface area contributed by atoms with Crippen molar-refractivity contribution < 1.29 is 35.6 Å². The molecular weight excluding hydrogens is 668 g/mol. The first-order chi connectivity index (χ1) is 12.1. The maximum atomic E-state index is 8.25. The smallest absolute Gasteiger partial charge is 0.356 e. The largest absolute Gasteiger partial charge is 4.00 e. The van der Waals surface area contributed by atoms with Crippen LogP contribution >= 0.6 is 0 Å². The standard InChI is InChI=1S/In.7NO3.Sn/c;7*2-1(3)4;/q+3;7*-1;+4. The zero-order chi connectivity index (χ0) is 25.0. The Bertz CT molecular complexity index is 314. The van der Waals surface area contributed by atoms with Gasteiger partial charge in [-0.1, -0.05) is 0 Å². The van der Waals surface area contributed by atoms with Crippen LogP contribution in [-0.4, -0.2) is 85.4 Å². The van der Waals surface area contributed by atoms with E-state index in [0.29, 0.717) is 0 Å². The molecule has 0 unspecified atom stereocenters. The predicted octanol–water partition coefficient (Wildman–Crippen LogP) is -2.44. The van der Waals surface area contributed by atoms with Gasteiger partial charge >= 0.3 is 49.8 Å². The quantitative estimate of drug-likeness (QED) is 0.147. The van der Waals surface area contributed by atoms with Crippen LogP contribution in [-0.2, 0) is 0 Å². The molecule has 0 atom stereocenters. The topological polar surface area (TPSA) is 463 Å². The minimum absolute atomic E-state index is 0. The van der Waals surface area contributed by atoms with Crippen molar-refractivity contribution in [2.75, 3.05) is 0 Å². The minimum atomic E-state index is -1.75. The van der Waals surface area contributed by atoms with Crippen LogP contribution in [0.15, 0.2) is 0 Å². The van der Waals surface area contributed by atoms with E-state index >= 15 is 0 Å². The summed E-state index contributed by atoms with van der Waals surface area (Å²) in [6, 6.07) is 0. The minimum Gasteiger partial charge on any atom is -0.356 e. The molecule has 0 aromatic rings. The molecule has 0 radical (unpaired) electrons. The molecule has 28 nitrogen and oxygen atoms in total. The molecule has 0 aromatic carbocycles. The number of nitrogens with zero attached hydrogens (tertiary/aromatic N) is 7. The van der Waals surface area contributed by atoms with Crippen LogP contribution in [0, 0.1) is 107 Å². The molecule has 30 heteroatoms. The molecule has 0 heterocycles. The normalized spacial score (nSPS) is 5.60. The van der Waals surface area contributed by atoms with Crippen molar-refractivity contribution in [2.45, 2.75) is 0 Å². The van der Waals surface area contributed by atoms with Gasteiger partial charge in [0.2, 0.25) is 0 Å². The van der Waals surface area contributed by atoms with Gasteiger partial charge < -0.3 is 107 Å². The third kappa shape index (κ3) is 829. The molecule has 0 saturated carbocycles. The molecular formula is InN7O21Sn. The second-order valence-electron chi connectivity index (χ2n) is 1.57. The summed E-state index contributed by atoms with van der Waals surface area (Å²) in [5.74, 6) is 0. The average molecular weight is 668 g/mol.